The fourth-order valence-corrected chi connectivity index (χ4v) is 3.42. The molecule has 4 rings (SSSR count). The standard InChI is InChI=1S/C22H20N4O2/c1-15-11-16(2)13-18(12-15)26-22(28)19-9-6-10-23-21(19)25(26)14-20(27)24-17-7-4-3-5-8-17/h3-13H,14H2,1-2H3,(H,24,27). The maximum atomic E-state index is 13.1. The Labute approximate surface area is 162 Å². The van der Waals surface area contributed by atoms with Crippen molar-refractivity contribution >= 4 is 22.6 Å². The number of benzene rings is 2. The van der Waals surface area contributed by atoms with Crippen molar-refractivity contribution in [1.82, 2.24) is 14.3 Å². The lowest BCUT2D eigenvalue weighted by molar-refractivity contribution is -0.116. The molecule has 4 aromatic rings. The van der Waals surface area contributed by atoms with Crippen molar-refractivity contribution in [1.29, 1.82) is 0 Å². The number of nitrogens with one attached hydrogen (secondary N) is 1. The van der Waals surface area contributed by atoms with Gasteiger partial charge in [0.25, 0.3) is 5.56 Å². The summed E-state index contributed by atoms with van der Waals surface area (Å²) in [6, 6.07) is 18.6. The first kappa shape index (κ1) is 17.7. The van der Waals surface area contributed by atoms with Gasteiger partial charge >= 0.3 is 0 Å². The van der Waals surface area contributed by atoms with Gasteiger partial charge in [-0.1, -0.05) is 24.3 Å². The van der Waals surface area contributed by atoms with Crippen LogP contribution in [0.5, 0.6) is 0 Å². The van der Waals surface area contributed by atoms with Crippen molar-refractivity contribution < 1.29 is 4.79 Å². The Hall–Kier alpha value is -3.67. The Bertz CT molecular complexity index is 1200. The molecule has 28 heavy (non-hydrogen) atoms. The van der Waals surface area contributed by atoms with Gasteiger partial charge in [0.15, 0.2) is 5.65 Å². The van der Waals surface area contributed by atoms with Crippen LogP contribution in [0.4, 0.5) is 5.69 Å². The second kappa shape index (κ2) is 7.15. The predicted molar refractivity (Wildman–Crippen MR) is 110 cm³/mol. The summed E-state index contributed by atoms with van der Waals surface area (Å²) in [6.45, 7) is 3.93. The van der Waals surface area contributed by atoms with E-state index in [0.717, 1.165) is 11.1 Å². The topological polar surface area (TPSA) is 68.9 Å². The highest BCUT2D eigenvalue weighted by molar-refractivity contribution is 5.91. The molecule has 2 heterocycles. The van der Waals surface area contributed by atoms with Gasteiger partial charge in [0.05, 0.1) is 11.1 Å². The monoisotopic (exact) mass is 372 g/mol. The lowest BCUT2D eigenvalue weighted by atomic mass is 10.1. The lowest BCUT2D eigenvalue weighted by Crippen LogP contribution is -2.27. The molecular formula is C22H20N4O2. The molecule has 0 aliphatic carbocycles. The van der Waals surface area contributed by atoms with Gasteiger partial charge in [-0.3, -0.25) is 14.3 Å². The van der Waals surface area contributed by atoms with Crippen LogP contribution in [-0.2, 0) is 11.3 Å². The number of aryl methyl sites for hydroxylation is 2. The molecule has 0 radical (unpaired) electrons. The van der Waals surface area contributed by atoms with Gasteiger partial charge in [0.1, 0.15) is 6.54 Å². The van der Waals surface area contributed by atoms with E-state index in [2.05, 4.69) is 10.3 Å². The zero-order valence-electron chi connectivity index (χ0n) is 15.7. The molecule has 0 aliphatic rings. The Morgan fingerprint density at radius 3 is 2.43 bits per heavy atom. The Balaban J connectivity index is 1.82. The summed E-state index contributed by atoms with van der Waals surface area (Å²) in [5.41, 5.74) is 3.79. The molecule has 2 aromatic heterocycles. The number of hydrogen-bond donors (Lipinski definition) is 1. The van der Waals surface area contributed by atoms with E-state index in [0.29, 0.717) is 22.4 Å². The molecule has 0 atom stereocenters. The van der Waals surface area contributed by atoms with E-state index in [1.54, 1.807) is 23.0 Å². The molecule has 1 amide bonds. The van der Waals surface area contributed by atoms with Gasteiger partial charge in [0.2, 0.25) is 5.91 Å². The van der Waals surface area contributed by atoms with Crippen LogP contribution in [0, 0.1) is 13.8 Å². The fourth-order valence-electron chi connectivity index (χ4n) is 3.42. The van der Waals surface area contributed by atoms with Crippen molar-refractivity contribution in [2.45, 2.75) is 20.4 Å². The van der Waals surface area contributed by atoms with E-state index < -0.39 is 0 Å². The number of para-hydroxylation sites is 1. The molecule has 2 aromatic carbocycles. The van der Waals surface area contributed by atoms with Crippen LogP contribution >= 0.6 is 0 Å². The number of pyridine rings is 1. The Morgan fingerprint density at radius 1 is 1.00 bits per heavy atom. The molecule has 0 unspecified atom stereocenters. The van der Waals surface area contributed by atoms with E-state index in [1.807, 2.05) is 62.4 Å². The summed E-state index contributed by atoms with van der Waals surface area (Å²) in [5, 5.41) is 3.34. The maximum Gasteiger partial charge on any atom is 0.280 e. The van der Waals surface area contributed by atoms with Gasteiger partial charge < -0.3 is 5.32 Å². The van der Waals surface area contributed by atoms with Crippen LogP contribution in [0.3, 0.4) is 0 Å². The predicted octanol–water partition coefficient (Wildman–Crippen LogP) is 3.44. The molecule has 6 heteroatoms. The fraction of sp³-hybridized carbons (Fsp3) is 0.136. The molecule has 0 spiro atoms. The number of nitrogens with zero attached hydrogens (tertiary/aromatic N) is 3. The minimum atomic E-state index is -0.230. The molecule has 6 nitrogen and oxygen atoms in total. The van der Waals surface area contributed by atoms with Crippen molar-refractivity contribution in [3.63, 3.8) is 0 Å². The summed E-state index contributed by atoms with van der Waals surface area (Å²) in [4.78, 5) is 30.1. The largest absolute Gasteiger partial charge is 0.324 e. The summed E-state index contributed by atoms with van der Waals surface area (Å²) in [5.74, 6) is -0.230. The minimum Gasteiger partial charge on any atom is -0.324 e. The van der Waals surface area contributed by atoms with Gasteiger partial charge in [-0.2, -0.15) is 0 Å². The number of hydrogen-bond acceptors (Lipinski definition) is 3. The first-order valence-corrected chi connectivity index (χ1v) is 9.03. The van der Waals surface area contributed by atoms with E-state index >= 15 is 0 Å². The van der Waals surface area contributed by atoms with Gasteiger partial charge in [-0.05, 0) is 61.4 Å². The minimum absolute atomic E-state index is 0.0301. The second-order valence-corrected chi connectivity index (χ2v) is 6.81. The first-order chi connectivity index (χ1) is 13.5. The van der Waals surface area contributed by atoms with Crippen molar-refractivity contribution in [3.8, 4) is 5.69 Å². The SMILES string of the molecule is Cc1cc(C)cc(-n2c(=O)c3cccnc3n2CC(=O)Nc2ccccc2)c1. The number of amides is 1. The summed E-state index contributed by atoms with van der Waals surface area (Å²) < 4.78 is 3.16. The normalized spacial score (nSPS) is 10.9. The number of fused-ring (bicyclic) bond motifs is 1. The average Bonchev–Trinajstić information content (AvgIpc) is 2.94. The Kier molecular flexibility index (Phi) is 4.53. The maximum absolute atomic E-state index is 13.1. The highest BCUT2D eigenvalue weighted by Crippen LogP contribution is 2.17. The van der Waals surface area contributed by atoms with E-state index in [1.165, 1.54) is 4.68 Å². The van der Waals surface area contributed by atoms with Crippen LogP contribution < -0.4 is 10.9 Å². The highest BCUT2D eigenvalue weighted by atomic mass is 16.2. The second-order valence-electron chi connectivity index (χ2n) is 6.81. The molecule has 0 aliphatic heterocycles. The van der Waals surface area contributed by atoms with Crippen LogP contribution in [0.25, 0.3) is 16.7 Å². The highest BCUT2D eigenvalue weighted by Gasteiger charge is 2.18. The number of anilines is 1. The third-order valence-electron chi connectivity index (χ3n) is 4.50. The Morgan fingerprint density at radius 2 is 1.71 bits per heavy atom. The summed E-state index contributed by atoms with van der Waals surface area (Å²) >= 11 is 0. The van der Waals surface area contributed by atoms with Crippen LogP contribution in [0.15, 0.2) is 71.7 Å². The third kappa shape index (κ3) is 3.32. The van der Waals surface area contributed by atoms with E-state index in [4.69, 9.17) is 0 Å². The van der Waals surface area contributed by atoms with E-state index in [9.17, 15) is 9.59 Å². The van der Waals surface area contributed by atoms with Crippen molar-refractivity contribution in [3.05, 3.63) is 88.3 Å². The number of aromatic nitrogens is 3. The molecule has 0 fully saturated rings. The van der Waals surface area contributed by atoms with Crippen molar-refractivity contribution in [2.75, 3.05) is 5.32 Å². The lowest BCUT2D eigenvalue weighted by Gasteiger charge is -2.13. The molecular weight excluding hydrogens is 352 g/mol. The molecule has 1 N–H and O–H groups in total. The third-order valence-corrected chi connectivity index (χ3v) is 4.50. The van der Waals surface area contributed by atoms with Gasteiger partial charge in [-0.15, -0.1) is 0 Å². The number of rotatable bonds is 4. The van der Waals surface area contributed by atoms with Crippen LogP contribution in [-0.4, -0.2) is 20.3 Å². The summed E-state index contributed by atoms with van der Waals surface area (Å²) in [7, 11) is 0. The first-order valence-electron chi connectivity index (χ1n) is 9.03. The van der Waals surface area contributed by atoms with E-state index in [-0.39, 0.29) is 18.0 Å². The number of carbonyl (C=O) groups excluding carboxylic acids is 1. The molecule has 0 bridgehead atoms. The average molecular weight is 372 g/mol. The van der Waals surface area contributed by atoms with Crippen LogP contribution in [0.2, 0.25) is 0 Å². The quantitative estimate of drug-likeness (QED) is 0.597. The summed E-state index contributed by atoms with van der Waals surface area (Å²) in [6.07, 6.45) is 1.62. The van der Waals surface area contributed by atoms with Gasteiger partial charge in [-0.25, -0.2) is 9.67 Å². The van der Waals surface area contributed by atoms with Crippen LogP contribution in [0.1, 0.15) is 11.1 Å². The zero-order valence-corrected chi connectivity index (χ0v) is 15.7. The zero-order chi connectivity index (χ0) is 19.7. The molecule has 140 valence electrons. The van der Waals surface area contributed by atoms with Gasteiger partial charge in [0, 0.05) is 11.9 Å². The number of carbonyl (C=O) groups is 1. The smallest absolute Gasteiger partial charge is 0.280 e. The molecule has 0 saturated heterocycles. The van der Waals surface area contributed by atoms with Crippen molar-refractivity contribution in [2.24, 2.45) is 0 Å². The molecule has 0 saturated carbocycles.